The van der Waals surface area contributed by atoms with Crippen LogP contribution in [0.15, 0.2) is 18.2 Å². The van der Waals surface area contributed by atoms with Gasteiger partial charge in [0.2, 0.25) is 0 Å². The van der Waals surface area contributed by atoms with Gasteiger partial charge in [0.15, 0.2) is 0 Å². The van der Waals surface area contributed by atoms with Gasteiger partial charge in [0.05, 0.1) is 12.4 Å². The molecule has 0 aliphatic rings. The summed E-state index contributed by atoms with van der Waals surface area (Å²) in [5, 5.41) is 9.01. The van der Waals surface area contributed by atoms with Crippen LogP contribution in [-0.4, -0.2) is 39.1 Å². The Bertz CT molecular complexity index is 483. The lowest BCUT2D eigenvalue weighted by atomic mass is 10.1. The van der Waals surface area contributed by atoms with E-state index in [2.05, 4.69) is 0 Å². The van der Waals surface area contributed by atoms with Crippen molar-refractivity contribution in [1.29, 1.82) is 0 Å². The molecular weight excluding hydrogens is 238 g/mol. The van der Waals surface area contributed by atoms with Gasteiger partial charge in [-0.3, -0.25) is 0 Å². The molecule has 0 spiro atoms. The number of hydrogen-bond acceptors (Lipinski definition) is 4. The first-order valence-corrected chi connectivity index (χ1v) is 7.49. The fraction of sp³-hybridized carbons (Fsp3) is 0.500. The molecule has 1 aromatic carbocycles. The Kier molecular flexibility index (Phi) is 4.54. The molecule has 1 rings (SSSR count). The minimum atomic E-state index is -2.93. The highest BCUT2D eigenvalue weighted by Gasteiger charge is 2.08. The molecule has 0 atom stereocenters. The highest BCUT2D eigenvalue weighted by atomic mass is 32.2. The third-order valence-electron chi connectivity index (χ3n) is 2.65. The molecule has 0 amide bonds. The second-order valence-corrected chi connectivity index (χ2v) is 6.59. The molecule has 0 unspecified atom stereocenters. The smallest absolute Gasteiger partial charge is 0.149 e. The van der Waals surface area contributed by atoms with Crippen molar-refractivity contribution in [2.75, 3.05) is 30.5 Å². The average Bonchev–Trinajstić information content (AvgIpc) is 2.24. The maximum atomic E-state index is 11.1. The van der Waals surface area contributed by atoms with Crippen molar-refractivity contribution in [3.63, 3.8) is 0 Å². The third kappa shape index (κ3) is 4.36. The molecule has 0 saturated heterocycles. The number of hydrogen-bond donors (Lipinski definition) is 1. The van der Waals surface area contributed by atoms with Gasteiger partial charge in [-0.2, -0.15) is 0 Å². The van der Waals surface area contributed by atoms with E-state index in [1.54, 1.807) is 0 Å². The van der Waals surface area contributed by atoms with Crippen LogP contribution in [0.2, 0.25) is 0 Å². The predicted octanol–water partition coefficient (Wildman–Crippen LogP) is 0.968. The van der Waals surface area contributed by atoms with Crippen molar-refractivity contribution < 1.29 is 13.5 Å². The number of benzene rings is 1. The van der Waals surface area contributed by atoms with E-state index in [1.165, 1.54) is 6.26 Å². The second-order valence-electron chi connectivity index (χ2n) is 4.33. The normalized spacial score (nSPS) is 11.5. The van der Waals surface area contributed by atoms with Gasteiger partial charge in [-0.1, -0.05) is 12.1 Å². The van der Waals surface area contributed by atoms with Crippen LogP contribution in [0, 0.1) is 6.92 Å². The first-order chi connectivity index (χ1) is 7.83. The van der Waals surface area contributed by atoms with E-state index in [0.717, 1.165) is 16.8 Å². The third-order valence-corrected chi connectivity index (χ3v) is 3.58. The van der Waals surface area contributed by atoms with Gasteiger partial charge in [-0.15, -0.1) is 0 Å². The Morgan fingerprint density at radius 2 is 2.00 bits per heavy atom. The first-order valence-electron chi connectivity index (χ1n) is 5.43. The zero-order chi connectivity index (χ0) is 13.1. The summed E-state index contributed by atoms with van der Waals surface area (Å²) < 4.78 is 22.2. The van der Waals surface area contributed by atoms with Gasteiger partial charge in [0.25, 0.3) is 0 Å². The SMILES string of the molecule is Cc1cc(CO)ccc1N(C)CCS(C)(=O)=O. The quantitative estimate of drug-likeness (QED) is 0.854. The Hall–Kier alpha value is -1.07. The molecule has 5 heteroatoms. The van der Waals surface area contributed by atoms with Crippen LogP contribution < -0.4 is 4.90 Å². The summed E-state index contributed by atoms with van der Waals surface area (Å²) in [4.78, 5) is 1.91. The molecule has 17 heavy (non-hydrogen) atoms. The molecule has 0 bridgehead atoms. The summed E-state index contributed by atoms with van der Waals surface area (Å²) in [6, 6.07) is 5.66. The Morgan fingerprint density at radius 1 is 1.35 bits per heavy atom. The van der Waals surface area contributed by atoms with E-state index in [0.29, 0.717) is 6.54 Å². The predicted molar refractivity (Wildman–Crippen MR) is 70.1 cm³/mol. The summed E-state index contributed by atoms with van der Waals surface area (Å²) in [6.45, 7) is 2.44. The van der Waals surface area contributed by atoms with Crippen molar-refractivity contribution in [3.05, 3.63) is 29.3 Å². The van der Waals surface area contributed by atoms with Gasteiger partial charge in [-0.25, -0.2) is 8.42 Å². The van der Waals surface area contributed by atoms with E-state index < -0.39 is 9.84 Å². The lowest BCUT2D eigenvalue weighted by Gasteiger charge is -2.21. The van der Waals surface area contributed by atoms with E-state index in [4.69, 9.17) is 5.11 Å². The van der Waals surface area contributed by atoms with Crippen molar-refractivity contribution in [3.8, 4) is 0 Å². The van der Waals surface area contributed by atoms with Crippen LogP contribution in [0.1, 0.15) is 11.1 Å². The van der Waals surface area contributed by atoms with E-state index in [1.807, 2.05) is 37.1 Å². The summed E-state index contributed by atoms with van der Waals surface area (Å²) in [5.74, 6) is 0.144. The molecular formula is C12H19NO3S. The minimum absolute atomic E-state index is 0.0220. The summed E-state index contributed by atoms with van der Waals surface area (Å²) >= 11 is 0. The van der Waals surface area contributed by atoms with Gasteiger partial charge < -0.3 is 10.0 Å². The number of aliphatic hydroxyl groups excluding tert-OH is 1. The summed E-state index contributed by atoms with van der Waals surface area (Å²) in [6.07, 6.45) is 1.24. The number of nitrogens with zero attached hydrogens (tertiary/aromatic N) is 1. The van der Waals surface area contributed by atoms with Gasteiger partial charge in [-0.05, 0) is 24.1 Å². The van der Waals surface area contributed by atoms with E-state index in [9.17, 15) is 8.42 Å². The van der Waals surface area contributed by atoms with Crippen LogP contribution in [-0.2, 0) is 16.4 Å². The van der Waals surface area contributed by atoms with Crippen LogP contribution in [0.3, 0.4) is 0 Å². The maximum Gasteiger partial charge on any atom is 0.149 e. The summed E-state index contributed by atoms with van der Waals surface area (Å²) in [5.41, 5.74) is 2.89. The van der Waals surface area contributed by atoms with Crippen molar-refractivity contribution in [2.24, 2.45) is 0 Å². The van der Waals surface area contributed by atoms with Crippen LogP contribution in [0.5, 0.6) is 0 Å². The van der Waals surface area contributed by atoms with Crippen molar-refractivity contribution in [1.82, 2.24) is 0 Å². The van der Waals surface area contributed by atoms with Crippen molar-refractivity contribution in [2.45, 2.75) is 13.5 Å². The molecule has 96 valence electrons. The molecule has 0 radical (unpaired) electrons. The molecule has 4 nitrogen and oxygen atoms in total. The topological polar surface area (TPSA) is 57.6 Å². The molecule has 0 aliphatic carbocycles. The van der Waals surface area contributed by atoms with Crippen LogP contribution >= 0.6 is 0 Å². The standard InChI is InChI=1S/C12H19NO3S/c1-10-8-11(9-14)4-5-12(10)13(2)6-7-17(3,15)16/h4-5,8,14H,6-7,9H2,1-3H3. The molecule has 1 N–H and O–H groups in total. The number of rotatable bonds is 5. The van der Waals surface area contributed by atoms with Gasteiger partial charge in [0.1, 0.15) is 9.84 Å². The minimum Gasteiger partial charge on any atom is -0.392 e. The molecule has 1 aromatic rings. The molecule has 0 heterocycles. The molecule has 0 aliphatic heterocycles. The van der Waals surface area contributed by atoms with E-state index in [-0.39, 0.29) is 12.4 Å². The van der Waals surface area contributed by atoms with Gasteiger partial charge in [0, 0.05) is 25.5 Å². The number of anilines is 1. The number of sulfone groups is 1. The van der Waals surface area contributed by atoms with Crippen LogP contribution in [0.4, 0.5) is 5.69 Å². The molecule has 0 aromatic heterocycles. The largest absolute Gasteiger partial charge is 0.392 e. The zero-order valence-electron chi connectivity index (χ0n) is 10.5. The zero-order valence-corrected chi connectivity index (χ0v) is 11.3. The maximum absolute atomic E-state index is 11.1. The lowest BCUT2D eigenvalue weighted by molar-refractivity contribution is 0.282. The van der Waals surface area contributed by atoms with E-state index >= 15 is 0 Å². The highest BCUT2D eigenvalue weighted by Crippen LogP contribution is 2.20. The fourth-order valence-electron chi connectivity index (χ4n) is 1.67. The number of aliphatic hydroxyl groups is 1. The highest BCUT2D eigenvalue weighted by molar-refractivity contribution is 7.90. The van der Waals surface area contributed by atoms with Crippen LogP contribution in [0.25, 0.3) is 0 Å². The summed E-state index contributed by atoms with van der Waals surface area (Å²) in [7, 11) is -1.07. The first kappa shape index (κ1) is 14.0. The Balaban J connectivity index is 2.79. The van der Waals surface area contributed by atoms with Crippen molar-refractivity contribution >= 4 is 15.5 Å². The monoisotopic (exact) mass is 257 g/mol. The molecule has 0 fully saturated rings. The second kappa shape index (κ2) is 5.51. The Morgan fingerprint density at radius 3 is 2.47 bits per heavy atom. The lowest BCUT2D eigenvalue weighted by Crippen LogP contribution is -2.25. The molecule has 0 saturated carbocycles. The fourth-order valence-corrected chi connectivity index (χ4v) is 2.27. The van der Waals surface area contributed by atoms with Gasteiger partial charge >= 0.3 is 0 Å². The average molecular weight is 257 g/mol. The Labute approximate surface area is 103 Å². The number of aryl methyl sites for hydroxylation is 1.